The first-order valence-electron chi connectivity index (χ1n) is 4.06. The molecule has 0 bridgehead atoms. The highest BCUT2D eigenvalue weighted by Crippen LogP contribution is 2.27. The van der Waals surface area contributed by atoms with E-state index in [4.69, 9.17) is 0 Å². The molecule has 1 fully saturated rings. The topological polar surface area (TPSA) is 3.01 Å². The Morgan fingerprint density at radius 3 is 2.82 bits per heavy atom. The van der Waals surface area contributed by atoms with E-state index in [0.717, 1.165) is 6.42 Å². The second-order valence-electron chi connectivity index (χ2n) is 2.88. The molecule has 0 aromatic rings. The summed E-state index contributed by atoms with van der Waals surface area (Å²) < 4.78 is 0. The zero-order valence-electron chi connectivity index (χ0n) is 7.46. The molecular weight excluding hydrogens is 134 g/mol. The fraction of sp³-hybridized carbons (Fsp3) is 0.600. The maximum absolute atomic E-state index is 3.17. The Labute approximate surface area is 69.1 Å². The van der Waals surface area contributed by atoms with Crippen molar-refractivity contribution in [1.29, 1.82) is 0 Å². The highest BCUT2D eigenvalue weighted by molar-refractivity contribution is 5.21. The van der Waals surface area contributed by atoms with Crippen molar-refractivity contribution < 1.29 is 0 Å². The third-order valence-electron chi connectivity index (χ3n) is 2.14. The second-order valence-corrected chi connectivity index (χ2v) is 2.88. The molecule has 1 heteroatoms. The number of hydrogen-bond donors (Lipinski definition) is 0. The van der Waals surface area contributed by atoms with Crippen LogP contribution in [-0.2, 0) is 0 Å². The van der Waals surface area contributed by atoms with Gasteiger partial charge in [-0.05, 0) is 27.3 Å². The van der Waals surface area contributed by atoms with Crippen LogP contribution in [0.5, 0.6) is 0 Å². The molecule has 3 atom stereocenters. The van der Waals surface area contributed by atoms with E-state index in [1.54, 1.807) is 0 Å². The van der Waals surface area contributed by atoms with Gasteiger partial charge in [0.25, 0.3) is 0 Å². The van der Waals surface area contributed by atoms with Gasteiger partial charge in [0.15, 0.2) is 0 Å². The Morgan fingerprint density at radius 2 is 2.27 bits per heavy atom. The van der Waals surface area contributed by atoms with Gasteiger partial charge in [0, 0.05) is 6.04 Å². The number of hydrogen-bond acceptors (Lipinski definition) is 1. The number of nitrogens with zero attached hydrogens (tertiary/aromatic N) is 1. The maximum atomic E-state index is 3.17. The molecule has 2 unspecified atom stereocenters. The monoisotopic (exact) mass is 149 g/mol. The van der Waals surface area contributed by atoms with Crippen LogP contribution in [0.15, 0.2) is 12.2 Å². The lowest BCUT2D eigenvalue weighted by Gasteiger charge is -1.85. The molecule has 1 aliphatic heterocycles. The minimum Gasteiger partial charge on any atom is -0.286 e. The van der Waals surface area contributed by atoms with Crippen LogP contribution in [0, 0.1) is 11.8 Å². The van der Waals surface area contributed by atoms with Gasteiger partial charge >= 0.3 is 0 Å². The first-order valence-corrected chi connectivity index (χ1v) is 4.06. The molecule has 0 aliphatic carbocycles. The molecule has 1 aliphatic rings. The Kier molecular flexibility index (Phi) is 2.73. The minimum atomic E-state index is 0.524. The largest absolute Gasteiger partial charge is 0.286 e. The van der Waals surface area contributed by atoms with E-state index >= 15 is 0 Å². The third kappa shape index (κ3) is 1.85. The Hall–Kier alpha value is -0.740. The summed E-state index contributed by atoms with van der Waals surface area (Å²) >= 11 is 0. The minimum absolute atomic E-state index is 0.524. The van der Waals surface area contributed by atoms with Crippen LogP contribution < -0.4 is 0 Å². The van der Waals surface area contributed by atoms with Crippen LogP contribution in [0.1, 0.15) is 20.3 Å². The molecule has 1 rings (SSSR count). The second kappa shape index (κ2) is 3.59. The van der Waals surface area contributed by atoms with E-state index in [1.165, 1.54) is 0 Å². The lowest BCUT2D eigenvalue weighted by molar-refractivity contribution is 0.604. The third-order valence-corrected chi connectivity index (χ3v) is 2.14. The van der Waals surface area contributed by atoms with Gasteiger partial charge in [-0.3, -0.25) is 4.90 Å². The molecule has 0 spiro atoms. The van der Waals surface area contributed by atoms with E-state index in [1.807, 2.05) is 6.92 Å². The molecule has 0 aromatic carbocycles. The molecule has 0 radical (unpaired) electrons. The van der Waals surface area contributed by atoms with Gasteiger partial charge in [-0.15, -0.1) is 5.92 Å². The van der Waals surface area contributed by atoms with E-state index in [0.29, 0.717) is 12.1 Å². The van der Waals surface area contributed by atoms with Crippen LogP contribution in [0.4, 0.5) is 0 Å². The summed E-state index contributed by atoms with van der Waals surface area (Å²) in [5, 5.41) is 0. The van der Waals surface area contributed by atoms with Crippen LogP contribution in [0.25, 0.3) is 0 Å². The quantitative estimate of drug-likeness (QED) is 0.328. The van der Waals surface area contributed by atoms with Crippen LogP contribution in [0.2, 0.25) is 0 Å². The summed E-state index contributed by atoms with van der Waals surface area (Å²) in [5.41, 5.74) is 0. The lowest BCUT2D eigenvalue weighted by atomic mass is 10.2. The molecule has 1 heterocycles. The van der Waals surface area contributed by atoms with Crippen molar-refractivity contribution in [3.05, 3.63) is 12.2 Å². The van der Waals surface area contributed by atoms with E-state index in [-0.39, 0.29) is 0 Å². The number of allylic oxidation sites excluding steroid dienone is 1. The van der Waals surface area contributed by atoms with Crippen molar-refractivity contribution in [3.8, 4) is 11.8 Å². The van der Waals surface area contributed by atoms with Gasteiger partial charge in [0.05, 0.1) is 6.04 Å². The molecule has 60 valence electrons. The molecule has 11 heavy (non-hydrogen) atoms. The summed E-state index contributed by atoms with van der Waals surface area (Å²) in [6.45, 7) is 3.96. The molecule has 0 saturated carbocycles. The predicted molar refractivity (Wildman–Crippen MR) is 48.2 cm³/mol. The first-order chi connectivity index (χ1) is 5.31. The van der Waals surface area contributed by atoms with Crippen molar-refractivity contribution in [3.63, 3.8) is 0 Å². The maximum Gasteiger partial charge on any atom is 0.0876 e. The predicted octanol–water partition coefficient (Wildman–Crippen LogP) is 1.66. The normalized spacial score (nSPS) is 35.0. The summed E-state index contributed by atoms with van der Waals surface area (Å²) in [5.74, 6) is 6.12. The molecule has 0 amide bonds. The average molecular weight is 149 g/mol. The molecular formula is C10H15N. The van der Waals surface area contributed by atoms with Gasteiger partial charge in [-0.1, -0.05) is 18.1 Å². The molecule has 0 aromatic heterocycles. The lowest BCUT2D eigenvalue weighted by Crippen LogP contribution is -1.90. The fourth-order valence-electron chi connectivity index (χ4n) is 1.32. The van der Waals surface area contributed by atoms with Crippen molar-refractivity contribution >= 4 is 0 Å². The van der Waals surface area contributed by atoms with Crippen LogP contribution in [0.3, 0.4) is 0 Å². The Bertz CT molecular complexity index is 207. The molecule has 1 nitrogen and oxygen atoms in total. The highest BCUT2D eigenvalue weighted by Gasteiger charge is 2.41. The van der Waals surface area contributed by atoms with Gasteiger partial charge in [0.1, 0.15) is 0 Å². The number of likely N-dealkylation sites (N-methyl/N-ethyl adjacent to an activating group) is 1. The van der Waals surface area contributed by atoms with Crippen molar-refractivity contribution in [2.24, 2.45) is 0 Å². The summed E-state index contributed by atoms with van der Waals surface area (Å²) in [7, 11) is 2.13. The smallest absolute Gasteiger partial charge is 0.0876 e. The molecule has 0 N–H and O–H groups in total. The van der Waals surface area contributed by atoms with Crippen LogP contribution in [-0.4, -0.2) is 24.0 Å². The molecule has 1 saturated heterocycles. The van der Waals surface area contributed by atoms with Gasteiger partial charge in [-0.2, -0.15) is 0 Å². The summed E-state index contributed by atoms with van der Waals surface area (Å²) in [4.78, 5) is 2.30. The van der Waals surface area contributed by atoms with E-state index in [2.05, 4.69) is 42.9 Å². The Balaban J connectivity index is 2.33. The van der Waals surface area contributed by atoms with Crippen molar-refractivity contribution in [1.82, 2.24) is 4.90 Å². The Morgan fingerprint density at radius 1 is 1.55 bits per heavy atom. The fourth-order valence-corrected chi connectivity index (χ4v) is 1.32. The van der Waals surface area contributed by atoms with E-state index < -0.39 is 0 Å². The standard InChI is InChI=1S/C10H15N/c1-4-6-8-10-9(7-5-2)11(10)3/h4,6,9-10H,8H2,1-3H3/b6-4-/t9-,10?,11?/m0/s1. The number of rotatable bonds is 2. The van der Waals surface area contributed by atoms with Crippen LogP contribution >= 0.6 is 0 Å². The average Bonchev–Trinajstić information content (AvgIpc) is 2.59. The van der Waals surface area contributed by atoms with Gasteiger partial charge in [0.2, 0.25) is 0 Å². The summed E-state index contributed by atoms with van der Waals surface area (Å²) in [6.07, 6.45) is 5.45. The van der Waals surface area contributed by atoms with Gasteiger partial charge in [-0.25, -0.2) is 0 Å². The van der Waals surface area contributed by atoms with Crippen molar-refractivity contribution in [2.45, 2.75) is 32.4 Å². The zero-order valence-corrected chi connectivity index (χ0v) is 7.46. The van der Waals surface area contributed by atoms with E-state index in [9.17, 15) is 0 Å². The summed E-state index contributed by atoms with van der Waals surface area (Å²) in [6, 6.07) is 1.20. The van der Waals surface area contributed by atoms with Gasteiger partial charge < -0.3 is 0 Å². The SMILES string of the molecule is CC#C[C@H]1C(C/C=C\C)N1C. The zero-order chi connectivity index (χ0) is 8.27. The first kappa shape index (κ1) is 8.36. The highest BCUT2D eigenvalue weighted by atomic mass is 15.3. The van der Waals surface area contributed by atoms with Crippen molar-refractivity contribution in [2.75, 3.05) is 7.05 Å².